The summed E-state index contributed by atoms with van der Waals surface area (Å²) in [5.74, 6) is -0.108. The molecule has 1 unspecified atom stereocenters. The zero-order chi connectivity index (χ0) is 14.3. The average Bonchev–Trinajstić information content (AvgIpc) is 2.37. The fourth-order valence-corrected chi connectivity index (χ4v) is 2.12. The van der Waals surface area contributed by atoms with E-state index in [9.17, 15) is 4.79 Å². The smallest absolute Gasteiger partial charge is 0.305 e. The third-order valence-corrected chi connectivity index (χ3v) is 3.21. The highest BCUT2D eigenvalue weighted by Gasteiger charge is 2.08. The van der Waals surface area contributed by atoms with Crippen LogP contribution in [0.5, 0.6) is 0 Å². The van der Waals surface area contributed by atoms with Gasteiger partial charge in [-0.1, -0.05) is 23.8 Å². The molecule has 0 spiro atoms. The van der Waals surface area contributed by atoms with Gasteiger partial charge in [-0.3, -0.25) is 4.79 Å². The van der Waals surface area contributed by atoms with Gasteiger partial charge >= 0.3 is 5.97 Å². The van der Waals surface area contributed by atoms with E-state index >= 15 is 0 Å². The van der Waals surface area contributed by atoms with E-state index in [1.165, 1.54) is 16.7 Å². The predicted octanol–water partition coefficient (Wildman–Crippen LogP) is 3.30. The molecular weight excluding hydrogens is 238 g/mol. The summed E-state index contributed by atoms with van der Waals surface area (Å²) in [5.41, 5.74) is 3.91. The van der Waals surface area contributed by atoms with Crippen LogP contribution in [0.3, 0.4) is 0 Å². The number of hydrogen-bond acceptors (Lipinski definition) is 3. The van der Waals surface area contributed by atoms with Crippen molar-refractivity contribution in [3.05, 3.63) is 34.9 Å². The maximum absolute atomic E-state index is 11.2. The number of carbonyl (C=O) groups excluding carboxylic acids is 1. The minimum Gasteiger partial charge on any atom is -0.466 e. The summed E-state index contributed by atoms with van der Waals surface area (Å²) in [7, 11) is 0. The SMILES string of the molecule is CCOC(=O)CCCNC(C)c1cc(C)ccc1C. The number of nitrogens with one attached hydrogen (secondary N) is 1. The normalized spacial score (nSPS) is 12.2. The molecule has 0 aliphatic heterocycles. The lowest BCUT2D eigenvalue weighted by atomic mass is 10.00. The molecule has 1 atom stereocenters. The highest BCUT2D eigenvalue weighted by molar-refractivity contribution is 5.69. The molecule has 3 nitrogen and oxygen atoms in total. The zero-order valence-electron chi connectivity index (χ0n) is 12.5. The number of rotatable bonds is 7. The predicted molar refractivity (Wildman–Crippen MR) is 78.2 cm³/mol. The van der Waals surface area contributed by atoms with E-state index in [0.717, 1.165) is 13.0 Å². The molecule has 0 saturated heterocycles. The molecular formula is C16H25NO2. The number of aryl methyl sites for hydroxylation is 2. The van der Waals surface area contributed by atoms with Gasteiger partial charge in [0.05, 0.1) is 6.61 Å². The third kappa shape index (κ3) is 5.43. The van der Waals surface area contributed by atoms with E-state index in [0.29, 0.717) is 19.1 Å². The van der Waals surface area contributed by atoms with E-state index in [-0.39, 0.29) is 5.97 Å². The second kappa shape index (κ2) is 7.95. The Bertz CT molecular complexity index is 415. The Hall–Kier alpha value is -1.35. The van der Waals surface area contributed by atoms with E-state index in [2.05, 4.69) is 44.3 Å². The van der Waals surface area contributed by atoms with E-state index in [1.807, 2.05) is 6.92 Å². The van der Waals surface area contributed by atoms with Crippen LogP contribution in [0.15, 0.2) is 18.2 Å². The zero-order valence-corrected chi connectivity index (χ0v) is 12.5. The van der Waals surface area contributed by atoms with E-state index in [1.54, 1.807) is 0 Å². The molecule has 1 aromatic rings. The Morgan fingerprint density at radius 3 is 2.79 bits per heavy atom. The average molecular weight is 263 g/mol. The molecule has 0 aromatic heterocycles. The van der Waals surface area contributed by atoms with Crippen molar-refractivity contribution in [2.24, 2.45) is 0 Å². The van der Waals surface area contributed by atoms with Crippen molar-refractivity contribution >= 4 is 5.97 Å². The fraction of sp³-hybridized carbons (Fsp3) is 0.562. The van der Waals surface area contributed by atoms with Crippen LogP contribution in [0.1, 0.15) is 49.4 Å². The van der Waals surface area contributed by atoms with Crippen molar-refractivity contribution < 1.29 is 9.53 Å². The summed E-state index contributed by atoms with van der Waals surface area (Å²) >= 11 is 0. The monoisotopic (exact) mass is 263 g/mol. The maximum Gasteiger partial charge on any atom is 0.305 e. The first-order valence-electron chi connectivity index (χ1n) is 7.00. The van der Waals surface area contributed by atoms with Crippen molar-refractivity contribution in [2.45, 2.75) is 46.6 Å². The van der Waals surface area contributed by atoms with Crippen LogP contribution in [0.2, 0.25) is 0 Å². The molecule has 1 N–H and O–H groups in total. The van der Waals surface area contributed by atoms with Crippen LogP contribution in [0.25, 0.3) is 0 Å². The summed E-state index contributed by atoms with van der Waals surface area (Å²) in [6.45, 7) is 9.52. The van der Waals surface area contributed by atoms with Crippen LogP contribution in [0.4, 0.5) is 0 Å². The van der Waals surface area contributed by atoms with Gasteiger partial charge in [0.1, 0.15) is 0 Å². The molecule has 0 aliphatic rings. The summed E-state index contributed by atoms with van der Waals surface area (Å²) in [4.78, 5) is 11.2. The molecule has 0 fully saturated rings. The van der Waals surface area contributed by atoms with E-state index in [4.69, 9.17) is 4.74 Å². The summed E-state index contributed by atoms with van der Waals surface area (Å²) in [5, 5.41) is 3.46. The minimum absolute atomic E-state index is 0.108. The Balaban J connectivity index is 2.37. The first-order valence-corrected chi connectivity index (χ1v) is 7.00. The molecule has 3 heteroatoms. The fourth-order valence-electron chi connectivity index (χ4n) is 2.12. The summed E-state index contributed by atoms with van der Waals surface area (Å²) in [6, 6.07) is 6.81. The molecule has 0 aliphatic carbocycles. The van der Waals surface area contributed by atoms with Crippen molar-refractivity contribution in [3.63, 3.8) is 0 Å². The largest absolute Gasteiger partial charge is 0.466 e. The molecule has 0 saturated carbocycles. The number of carbonyl (C=O) groups is 1. The Kier molecular flexibility index (Phi) is 6.57. The van der Waals surface area contributed by atoms with Gasteiger partial charge in [0.15, 0.2) is 0 Å². The number of benzene rings is 1. The van der Waals surface area contributed by atoms with Crippen molar-refractivity contribution in [1.29, 1.82) is 0 Å². The van der Waals surface area contributed by atoms with Crippen molar-refractivity contribution in [1.82, 2.24) is 5.32 Å². The van der Waals surface area contributed by atoms with Gasteiger partial charge in [0, 0.05) is 12.5 Å². The van der Waals surface area contributed by atoms with Crippen LogP contribution in [0, 0.1) is 13.8 Å². The van der Waals surface area contributed by atoms with Gasteiger partial charge in [-0.2, -0.15) is 0 Å². The molecule has 0 heterocycles. The molecule has 0 amide bonds. The van der Waals surface area contributed by atoms with Gasteiger partial charge in [-0.25, -0.2) is 0 Å². The second-order valence-electron chi connectivity index (χ2n) is 4.94. The first kappa shape index (κ1) is 15.7. The lowest BCUT2D eigenvalue weighted by Gasteiger charge is -2.17. The maximum atomic E-state index is 11.2. The highest BCUT2D eigenvalue weighted by Crippen LogP contribution is 2.18. The quantitative estimate of drug-likeness (QED) is 0.606. The number of esters is 1. The third-order valence-electron chi connectivity index (χ3n) is 3.21. The van der Waals surface area contributed by atoms with Crippen LogP contribution >= 0.6 is 0 Å². The van der Waals surface area contributed by atoms with E-state index < -0.39 is 0 Å². The first-order chi connectivity index (χ1) is 9.04. The van der Waals surface area contributed by atoms with Crippen LogP contribution < -0.4 is 5.32 Å². The lowest BCUT2D eigenvalue weighted by molar-refractivity contribution is -0.143. The molecule has 0 radical (unpaired) electrons. The van der Waals surface area contributed by atoms with Crippen molar-refractivity contribution in [3.8, 4) is 0 Å². The Morgan fingerprint density at radius 2 is 2.11 bits per heavy atom. The Labute approximate surface area is 116 Å². The molecule has 0 bridgehead atoms. The summed E-state index contributed by atoms with van der Waals surface area (Å²) < 4.78 is 4.90. The van der Waals surface area contributed by atoms with Gasteiger partial charge in [0.2, 0.25) is 0 Å². The standard InChI is InChI=1S/C16H25NO2/c1-5-19-16(18)7-6-10-17-14(4)15-11-12(2)8-9-13(15)3/h8-9,11,14,17H,5-7,10H2,1-4H3. The molecule has 106 valence electrons. The molecule has 1 rings (SSSR count). The number of hydrogen-bond donors (Lipinski definition) is 1. The summed E-state index contributed by atoms with van der Waals surface area (Å²) in [6.07, 6.45) is 1.30. The topological polar surface area (TPSA) is 38.3 Å². The number of ether oxygens (including phenoxy) is 1. The van der Waals surface area contributed by atoms with Gasteiger partial charge in [0.25, 0.3) is 0 Å². The van der Waals surface area contributed by atoms with Gasteiger partial charge in [-0.15, -0.1) is 0 Å². The van der Waals surface area contributed by atoms with Gasteiger partial charge in [-0.05, 0) is 51.8 Å². The molecule has 1 aromatic carbocycles. The lowest BCUT2D eigenvalue weighted by Crippen LogP contribution is -2.21. The second-order valence-corrected chi connectivity index (χ2v) is 4.94. The van der Waals surface area contributed by atoms with Crippen LogP contribution in [-0.2, 0) is 9.53 Å². The van der Waals surface area contributed by atoms with Gasteiger partial charge < -0.3 is 10.1 Å². The highest BCUT2D eigenvalue weighted by atomic mass is 16.5. The Morgan fingerprint density at radius 1 is 1.37 bits per heavy atom. The minimum atomic E-state index is -0.108. The van der Waals surface area contributed by atoms with Crippen LogP contribution in [-0.4, -0.2) is 19.1 Å². The molecule has 19 heavy (non-hydrogen) atoms. The van der Waals surface area contributed by atoms with Crippen molar-refractivity contribution in [2.75, 3.05) is 13.2 Å².